The quantitative estimate of drug-likeness (QED) is 0.432. The minimum atomic E-state index is 0.0282. The lowest BCUT2D eigenvalue weighted by molar-refractivity contribution is 0.170. The van der Waals surface area contributed by atoms with E-state index in [0.717, 1.165) is 35.8 Å². The molecule has 2 heterocycles. The van der Waals surface area contributed by atoms with Gasteiger partial charge in [0.15, 0.2) is 0 Å². The van der Waals surface area contributed by atoms with Crippen molar-refractivity contribution in [1.29, 1.82) is 0 Å². The molecular weight excluding hydrogens is 372 g/mol. The molecule has 0 amide bonds. The van der Waals surface area contributed by atoms with Crippen LogP contribution in [0.5, 0.6) is 5.75 Å². The van der Waals surface area contributed by atoms with E-state index >= 15 is 0 Å². The Morgan fingerprint density at radius 1 is 0.964 bits per heavy atom. The number of aromatic nitrogens is 4. The van der Waals surface area contributed by atoms with E-state index in [1.807, 2.05) is 70.4 Å². The fourth-order valence-corrected chi connectivity index (χ4v) is 3.21. The van der Waals surface area contributed by atoms with E-state index in [-0.39, 0.29) is 6.10 Å². The van der Waals surface area contributed by atoms with E-state index < -0.39 is 0 Å². The van der Waals surface area contributed by atoms with E-state index in [2.05, 4.69) is 22.2 Å². The second kappa shape index (κ2) is 8.76. The van der Waals surface area contributed by atoms with Gasteiger partial charge < -0.3 is 9.30 Å². The monoisotopic (exact) mass is 392 g/mol. The average molecular weight is 393 g/mol. The number of halogens is 1. The van der Waals surface area contributed by atoms with Gasteiger partial charge in [-0.25, -0.2) is 9.67 Å². The van der Waals surface area contributed by atoms with Gasteiger partial charge in [0, 0.05) is 29.8 Å². The third kappa shape index (κ3) is 4.81. The Balaban J connectivity index is 1.44. The Labute approximate surface area is 169 Å². The zero-order valence-electron chi connectivity index (χ0n) is 15.4. The van der Waals surface area contributed by atoms with E-state index in [4.69, 9.17) is 16.3 Å². The van der Waals surface area contributed by atoms with Gasteiger partial charge in [0.25, 0.3) is 0 Å². The highest BCUT2D eigenvalue weighted by molar-refractivity contribution is 6.30. The summed E-state index contributed by atoms with van der Waals surface area (Å²) in [6, 6.07) is 17.9. The minimum absolute atomic E-state index is 0.0282. The lowest BCUT2D eigenvalue weighted by Gasteiger charge is -2.20. The van der Waals surface area contributed by atoms with Gasteiger partial charge in [-0.1, -0.05) is 23.7 Å². The zero-order valence-corrected chi connectivity index (χ0v) is 16.1. The van der Waals surface area contributed by atoms with Crippen LogP contribution in [-0.4, -0.2) is 25.4 Å². The number of benzene rings is 2. The molecule has 0 aliphatic rings. The van der Waals surface area contributed by atoms with Crippen molar-refractivity contribution in [3.8, 4) is 11.4 Å². The van der Waals surface area contributed by atoms with Crippen LogP contribution in [0.3, 0.4) is 0 Å². The highest BCUT2D eigenvalue weighted by atomic mass is 35.5. The summed E-state index contributed by atoms with van der Waals surface area (Å²) in [5, 5.41) is 5.01. The smallest absolute Gasteiger partial charge is 0.119 e. The summed E-state index contributed by atoms with van der Waals surface area (Å²) in [6.07, 6.45) is 11.1. The van der Waals surface area contributed by atoms with Crippen molar-refractivity contribution < 1.29 is 4.74 Å². The summed E-state index contributed by atoms with van der Waals surface area (Å²) in [7, 11) is 0. The summed E-state index contributed by atoms with van der Waals surface area (Å²) < 4.78 is 10.2. The second-order valence-electron chi connectivity index (χ2n) is 6.61. The maximum absolute atomic E-state index is 6.30. The number of ether oxygens (including phenoxy) is 1. The Kier molecular flexibility index (Phi) is 5.73. The number of aryl methyl sites for hydroxylation is 1. The highest BCUT2D eigenvalue weighted by Gasteiger charge is 2.12. The summed E-state index contributed by atoms with van der Waals surface area (Å²) in [5.74, 6) is 0.845. The Morgan fingerprint density at radius 2 is 1.79 bits per heavy atom. The van der Waals surface area contributed by atoms with Crippen LogP contribution in [0.2, 0.25) is 5.02 Å². The van der Waals surface area contributed by atoms with Gasteiger partial charge in [0.1, 0.15) is 11.9 Å². The molecule has 0 aliphatic heterocycles. The number of hydrogen-bond acceptors (Lipinski definition) is 3. The molecule has 4 aromatic rings. The lowest BCUT2D eigenvalue weighted by Crippen LogP contribution is -2.23. The molecule has 0 saturated heterocycles. The van der Waals surface area contributed by atoms with Crippen LogP contribution >= 0.6 is 11.6 Å². The molecule has 6 heteroatoms. The summed E-state index contributed by atoms with van der Waals surface area (Å²) >= 11 is 5.99. The normalized spacial score (nSPS) is 12.0. The third-order valence-electron chi connectivity index (χ3n) is 4.55. The number of nitrogens with zero attached hydrogens (tertiary/aromatic N) is 4. The molecular formula is C22H21ClN4O. The van der Waals surface area contributed by atoms with Gasteiger partial charge in [0.05, 0.1) is 18.6 Å². The van der Waals surface area contributed by atoms with E-state index in [1.165, 1.54) is 5.56 Å². The van der Waals surface area contributed by atoms with Crippen molar-refractivity contribution in [3.05, 3.63) is 96.3 Å². The number of hydrogen-bond donors (Lipinski definition) is 0. The van der Waals surface area contributed by atoms with E-state index in [0.29, 0.717) is 0 Å². The molecule has 0 N–H and O–H groups in total. The van der Waals surface area contributed by atoms with E-state index in [9.17, 15) is 0 Å². The first-order valence-corrected chi connectivity index (χ1v) is 9.61. The first-order chi connectivity index (χ1) is 13.8. The topological polar surface area (TPSA) is 44.9 Å². The van der Waals surface area contributed by atoms with Gasteiger partial charge in [0.2, 0.25) is 0 Å². The molecule has 5 nitrogen and oxygen atoms in total. The van der Waals surface area contributed by atoms with Crippen molar-refractivity contribution in [2.75, 3.05) is 0 Å². The van der Waals surface area contributed by atoms with Crippen LogP contribution in [0.25, 0.3) is 5.69 Å². The zero-order chi connectivity index (χ0) is 19.2. The van der Waals surface area contributed by atoms with Crippen molar-refractivity contribution in [1.82, 2.24) is 19.3 Å². The maximum atomic E-state index is 6.30. The van der Waals surface area contributed by atoms with Crippen LogP contribution in [0.1, 0.15) is 12.0 Å². The van der Waals surface area contributed by atoms with E-state index in [1.54, 1.807) is 12.4 Å². The molecule has 0 fully saturated rings. The SMILES string of the molecule is Clc1ccc(CCC(Cn2ccnc2)Oc2ccc(-n3cccn3)cc2)cc1. The molecule has 142 valence electrons. The first kappa shape index (κ1) is 18.3. The van der Waals surface area contributed by atoms with Gasteiger partial charge >= 0.3 is 0 Å². The number of rotatable bonds is 8. The Morgan fingerprint density at radius 3 is 2.46 bits per heavy atom. The molecule has 28 heavy (non-hydrogen) atoms. The van der Waals surface area contributed by atoms with Crippen LogP contribution < -0.4 is 4.74 Å². The predicted molar refractivity (Wildman–Crippen MR) is 110 cm³/mol. The highest BCUT2D eigenvalue weighted by Crippen LogP contribution is 2.19. The van der Waals surface area contributed by atoms with Crippen LogP contribution in [0.4, 0.5) is 0 Å². The van der Waals surface area contributed by atoms with Crippen molar-refractivity contribution in [2.45, 2.75) is 25.5 Å². The van der Waals surface area contributed by atoms with Crippen molar-refractivity contribution >= 4 is 11.6 Å². The first-order valence-electron chi connectivity index (χ1n) is 9.23. The fourth-order valence-electron chi connectivity index (χ4n) is 3.09. The molecule has 1 atom stereocenters. The van der Waals surface area contributed by atoms with Gasteiger partial charge in [-0.15, -0.1) is 0 Å². The van der Waals surface area contributed by atoms with Gasteiger partial charge in [-0.3, -0.25) is 0 Å². The Hall–Kier alpha value is -3.05. The predicted octanol–water partition coefficient (Wildman–Crippen LogP) is 4.80. The van der Waals surface area contributed by atoms with Crippen molar-refractivity contribution in [2.24, 2.45) is 0 Å². The molecule has 0 saturated carbocycles. The fraction of sp³-hybridized carbons (Fsp3) is 0.182. The average Bonchev–Trinajstić information content (AvgIpc) is 3.42. The molecule has 2 aromatic carbocycles. The minimum Gasteiger partial charge on any atom is -0.489 e. The third-order valence-corrected chi connectivity index (χ3v) is 4.80. The summed E-state index contributed by atoms with van der Waals surface area (Å²) in [6.45, 7) is 0.745. The van der Waals surface area contributed by atoms with Gasteiger partial charge in [-0.2, -0.15) is 5.10 Å². The van der Waals surface area contributed by atoms with Crippen LogP contribution in [-0.2, 0) is 13.0 Å². The molecule has 0 bridgehead atoms. The molecule has 0 radical (unpaired) electrons. The summed E-state index contributed by atoms with van der Waals surface area (Å²) in [4.78, 5) is 4.13. The Bertz CT molecular complexity index is 965. The largest absolute Gasteiger partial charge is 0.489 e. The summed E-state index contributed by atoms with van der Waals surface area (Å²) in [5.41, 5.74) is 2.25. The maximum Gasteiger partial charge on any atom is 0.119 e. The second-order valence-corrected chi connectivity index (χ2v) is 7.05. The van der Waals surface area contributed by atoms with Crippen LogP contribution in [0.15, 0.2) is 85.7 Å². The van der Waals surface area contributed by atoms with Gasteiger partial charge in [-0.05, 0) is 60.9 Å². The van der Waals surface area contributed by atoms with Crippen LogP contribution in [0, 0.1) is 0 Å². The van der Waals surface area contributed by atoms with Crippen molar-refractivity contribution in [3.63, 3.8) is 0 Å². The molecule has 0 spiro atoms. The lowest BCUT2D eigenvalue weighted by atomic mass is 10.1. The molecule has 2 aromatic heterocycles. The standard InChI is InChI=1S/C22H21ClN4O/c23-19-5-2-18(3-6-19)4-9-22(16-26-15-13-24-17-26)28-21-10-7-20(8-11-21)27-14-1-12-25-27/h1-3,5-8,10-15,17,22H,4,9,16H2. The molecule has 0 aliphatic carbocycles. The molecule has 1 unspecified atom stereocenters. The number of imidazole rings is 1. The molecule has 4 rings (SSSR count).